The number of aliphatic hydroxyl groups excluding tert-OH is 5. The van der Waals surface area contributed by atoms with Crippen molar-refractivity contribution >= 4 is 11.9 Å². The van der Waals surface area contributed by atoms with Crippen LogP contribution in [0.15, 0.2) is 60.8 Å². The zero-order valence-corrected chi connectivity index (χ0v) is 51.5. The van der Waals surface area contributed by atoms with E-state index in [9.17, 15) is 35.1 Å². The molecular formula is C69H125NO10. The Morgan fingerprint density at radius 2 is 0.863 bits per heavy atom. The Hall–Kier alpha value is -2.64. The van der Waals surface area contributed by atoms with E-state index in [2.05, 4.69) is 67.8 Å². The second kappa shape index (κ2) is 58.1. The quantitative estimate of drug-likeness (QED) is 0.0195. The SMILES string of the molecule is CCC/C=C\C/C=C\CCCCCCCC(=O)OCCCCCCCCCCC/C=C\C/C=C\CCCCCCCCCCCC(=O)NC(COC1OC(CO)C(O)C(O)C1O)C(O)/C=C/CCCCCCCCCCCCCC. The lowest BCUT2D eigenvalue weighted by atomic mass is 9.99. The van der Waals surface area contributed by atoms with Gasteiger partial charge in [0.1, 0.15) is 24.4 Å². The van der Waals surface area contributed by atoms with Crippen LogP contribution >= 0.6 is 0 Å². The van der Waals surface area contributed by atoms with Gasteiger partial charge in [-0.05, 0) is 89.9 Å². The van der Waals surface area contributed by atoms with Crippen molar-refractivity contribution in [3.05, 3.63) is 60.8 Å². The number of hydrogen-bond donors (Lipinski definition) is 6. The highest BCUT2D eigenvalue weighted by Crippen LogP contribution is 2.23. The average molecular weight is 1130 g/mol. The molecule has 1 saturated heterocycles. The molecule has 6 N–H and O–H groups in total. The van der Waals surface area contributed by atoms with Crippen LogP contribution in [0.4, 0.5) is 0 Å². The molecule has 1 amide bonds. The van der Waals surface area contributed by atoms with Gasteiger partial charge >= 0.3 is 5.97 Å². The monoisotopic (exact) mass is 1130 g/mol. The molecule has 7 atom stereocenters. The van der Waals surface area contributed by atoms with E-state index in [-0.39, 0.29) is 18.5 Å². The molecular weight excluding hydrogens is 1000 g/mol. The normalized spacial score (nSPS) is 18.7. The summed E-state index contributed by atoms with van der Waals surface area (Å²) in [4.78, 5) is 25.1. The Morgan fingerprint density at radius 1 is 0.463 bits per heavy atom. The first-order valence-corrected chi connectivity index (χ1v) is 33.6. The molecule has 0 spiro atoms. The number of ether oxygens (including phenoxy) is 3. The van der Waals surface area contributed by atoms with Crippen LogP contribution in [0.1, 0.15) is 303 Å². The predicted octanol–water partition coefficient (Wildman–Crippen LogP) is 16.6. The largest absolute Gasteiger partial charge is 0.466 e. The molecule has 466 valence electrons. The maximum absolute atomic E-state index is 13.1. The van der Waals surface area contributed by atoms with Crippen LogP contribution in [0.25, 0.3) is 0 Å². The fourth-order valence-corrected chi connectivity index (χ4v) is 10.3. The van der Waals surface area contributed by atoms with Gasteiger partial charge in [0.2, 0.25) is 5.91 Å². The third kappa shape index (κ3) is 46.8. The van der Waals surface area contributed by atoms with Crippen molar-refractivity contribution in [3.8, 4) is 0 Å². The van der Waals surface area contributed by atoms with E-state index in [1.54, 1.807) is 6.08 Å². The number of esters is 1. The summed E-state index contributed by atoms with van der Waals surface area (Å²) in [6.07, 6.45) is 66.1. The fraction of sp³-hybridized carbons (Fsp3) is 0.826. The highest BCUT2D eigenvalue weighted by Gasteiger charge is 2.44. The van der Waals surface area contributed by atoms with E-state index >= 15 is 0 Å². The molecule has 0 aromatic carbocycles. The predicted molar refractivity (Wildman–Crippen MR) is 333 cm³/mol. The van der Waals surface area contributed by atoms with E-state index < -0.39 is 49.5 Å². The number of allylic oxidation sites excluding steroid dienone is 9. The van der Waals surface area contributed by atoms with Gasteiger partial charge in [-0.2, -0.15) is 0 Å². The lowest BCUT2D eigenvalue weighted by Gasteiger charge is -2.40. The Bertz CT molecular complexity index is 1510. The lowest BCUT2D eigenvalue weighted by Crippen LogP contribution is -2.60. The van der Waals surface area contributed by atoms with Crippen LogP contribution < -0.4 is 5.32 Å². The van der Waals surface area contributed by atoms with Crippen LogP contribution in [-0.2, 0) is 23.8 Å². The molecule has 0 radical (unpaired) electrons. The summed E-state index contributed by atoms with van der Waals surface area (Å²) in [5.74, 6) is -0.205. The number of nitrogens with one attached hydrogen (secondary N) is 1. The van der Waals surface area contributed by atoms with Gasteiger partial charge in [-0.25, -0.2) is 0 Å². The van der Waals surface area contributed by atoms with E-state index in [0.29, 0.717) is 19.4 Å². The number of amides is 1. The topological polar surface area (TPSA) is 175 Å². The molecule has 80 heavy (non-hydrogen) atoms. The first-order valence-electron chi connectivity index (χ1n) is 33.6. The summed E-state index contributed by atoms with van der Waals surface area (Å²) in [7, 11) is 0. The van der Waals surface area contributed by atoms with Crippen molar-refractivity contribution in [2.24, 2.45) is 0 Å². The van der Waals surface area contributed by atoms with Crippen LogP contribution in [0.2, 0.25) is 0 Å². The first kappa shape index (κ1) is 75.4. The Kier molecular flexibility index (Phi) is 54.8. The summed E-state index contributed by atoms with van der Waals surface area (Å²) in [5.41, 5.74) is 0. The Balaban J connectivity index is 2.05. The molecule has 11 heteroatoms. The standard InChI is InChI=1S/C69H125NO10/c1-3-5-7-9-11-13-15-17-32-35-39-43-47-51-55-62(72)61(60-79-69-68(77)67(76)66(75)63(59-71)80-69)70-64(73)56-52-48-44-40-36-33-29-27-25-23-21-19-18-20-22-24-26-28-30-34-38-42-46-50-54-58-78-65(74)57-53-49-45-41-37-31-16-14-12-10-8-6-4-2/h8,10,14,16,19-22,51,55,61-63,66-69,71-72,75-77H,3-7,9,11-13,15,17-18,23-50,52-54,56-60H2,1-2H3,(H,70,73)/b10-8-,16-14-,21-19-,22-20-,55-51+. The maximum Gasteiger partial charge on any atom is 0.305 e. The summed E-state index contributed by atoms with van der Waals surface area (Å²) in [5, 5.41) is 54.5. The molecule has 0 aliphatic carbocycles. The van der Waals surface area contributed by atoms with Crippen molar-refractivity contribution in [3.63, 3.8) is 0 Å². The summed E-state index contributed by atoms with van der Waals surface area (Å²) in [6.45, 7) is 4.28. The summed E-state index contributed by atoms with van der Waals surface area (Å²) >= 11 is 0. The van der Waals surface area contributed by atoms with Crippen molar-refractivity contribution in [2.45, 2.75) is 346 Å². The molecule has 0 saturated carbocycles. The van der Waals surface area contributed by atoms with Gasteiger partial charge in [0.05, 0.1) is 32.0 Å². The van der Waals surface area contributed by atoms with Crippen molar-refractivity contribution in [2.75, 3.05) is 19.8 Å². The van der Waals surface area contributed by atoms with Crippen LogP contribution in [0.5, 0.6) is 0 Å². The van der Waals surface area contributed by atoms with Gasteiger partial charge < -0.3 is 45.1 Å². The van der Waals surface area contributed by atoms with E-state index in [4.69, 9.17) is 14.2 Å². The van der Waals surface area contributed by atoms with Crippen LogP contribution in [0, 0.1) is 0 Å². The molecule has 0 bridgehead atoms. The van der Waals surface area contributed by atoms with Crippen LogP contribution in [0.3, 0.4) is 0 Å². The number of carbonyl (C=O) groups excluding carboxylic acids is 2. The maximum atomic E-state index is 13.1. The summed E-state index contributed by atoms with van der Waals surface area (Å²) in [6, 6.07) is -0.816. The second-order valence-electron chi connectivity index (χ2n) is 23.2. The third-order valence-electron chi connectivity index (χ3n) is 15.6. The summed E-state index contributed by atoms with van der Waals surface area (Å²) < 4.78 is 16.7. The minimum atomic E-state index is -1.57. The van der Waals surface area contributed by atoms with Gasteiger partial charge in [-0.1, -0.05) is 261 Å². The highest BCUT2D eigenvalue weighted by molar-refractivity contribution is 5.76. The molecule has 1 fully saturated rings. The zero-order valence-electron chi connectivity index (χ0n) is 51.5. The number of hydrogen-bond acceptors (Lipinski definition) is 10. The Labute approximate surface area is 490 Å². The van der Waals surface area contributed by atoms with Gasteiger partial charge in [0.15, 0.2) is 6.29 Å². The second-order valence-corrected chi connectivity index (χ2v) is 23.2. The van der Waals surface area contributed by atoms with Gasteiger partial charge in [0, 0.05) is 12.8 Å². The third-order valence-corrected chi connectivity index (χ3v) is 15.6. The number of aliphatic hydroxyl groups is 5. The van der Waals surface area contributed by atoms with E-state index in [0.717, 1.165) is 96.3 Å². The zero-order chi connectivity index (χ0) is 58.0. The van der Waals surface area contributed by atoms with Crippen LogP contribution in [-0.4, -0.2) is 100 Å². The number of rotatable bonds is 58. The smallest absolute Gasteiger partial charge is 0.305 e. The minimum Gasteiger partial charge on any atom is -0.466 e. The molecule has 1 aliphatic heterocycles. The van der Waals surface area contributed by atoms with E-state index in [1.165, 1.54) is 180 Å². The molecule has 1 heterocycles. The highest BCUT2D eigenvalue weighted by atomic mass is 16.7. The molecule has 1 rings (SSSR count). The number of unbranched alkanes of at least 4 members (excludes halogenated alkanes) is 36. The van der Waals surface area contributed by atoms with Gasteiger partial charge in [-0.3, -0.25) is 9.59 Å². The molecule has 0 aromatic rings. The van der Waals surface area contributed by atoms with E-state index in [1.807, 2.05) is 6.08 Å². The minimum absolute atomic E-state index is 0.0174. The molecule has 1 aliphatic rings. The number of carbonyl (C=O) groups is 2. The lowest BCUT2D eigenvalue weighted by molar-refractivity contribution is -0.302. The fourth-order valence-electron chi connectivity index (χ4n) is 10.3. The first-order chi connectivity index (χ1) is 39.2. The molecule has 0 aromatic heterocycles. The van der Waals surface area contributed by atoms with Crippen molar-refractivity contribution in [1.82, 2.24) is 5.32 Å². The van der Waals surface area contributed by atoms with Gasteiger partial charge in [0.25, 0.3) is 0 Å². The molecule has 7 unspecified atom stereocenters. The van der Waals surface area contributed by atoms with Crippen molar-refractivity contribution < 1.29 is 49.3 Å². The Morgan fingerprint density at radius 3 is 1.31 bits per heavy atom. The van der Waals surface area contributed by atoms with Crippen molar-refractivity contribution in [1.29, 1.82) is 0 Å². The molecule has 11 nitrogen and oxygen atoms in total. The van der Waals surface area contributed by atoms with Gasteiger partial charge in [-0.15, -0.1) is 0 Å². The average Bonchev–Trinajstić information content (AvgIpc) is 3.49.